The zero-order chi connectivity index (χ0) is 18.8. The van der Waals surface area contributed by atoms with Crippen LogP contribution in [0.25, 0.3) is 27.7 Å². The van der Waals surface area contributed by atoms with E-state index in [-0.39, 0.29) is 11.0 Å². The average molecular weight is 375 g/mol. The standard InChI is InChI=1S/C22H16FN3O.H2O/c1-24-14-15-6-4-7-16(12-15)21-19-10-2-3-11-20(19)22(27)26(25-21)18-9-5-8-17(23)13-18;/h2-14H,1H3;1H2/b24-14-;. The first-order valence-corrected chi connectivity index (χ1v) is 8.48. The van der Waals surface area contributed by atoms with Gasteiger partial charge in [0, 0.05) is 24.2 Å². The number of fused-ring (bicyclic) bond motifs is 1. The smallest absolute Gasteiger partial charge is 0.279 e. The van der Waals surface area contributed by atoms with Crippen molar-refractivity contribution in [2.75, 3.05) is 7.05 Å². The van der Waals surface area contributed by atoms with E-state index in [1.54, 1.807) is 31.5 Å². The summed E-state index contributed by atoms with van der Waals surface area (Å²) in [7, 11) is 1.71. The van der Waals surface area contributed by atoms with Crippen LogP contribution in [0.2, 0.25) is 0 Å². The fourth-order valence-electron chi connectivity index (χ4n) is 3.10. The number of aliphatic imine (C=N–C) groups is 1. The van der Waals surface area contributed by atoms with Crippen molar-refractivity contribution in [2.24, 2.45) is 4.99 Å². The Hall–Kier alpha value is -3.64. The Bertz CT molecular complexity index is 1230. The highest BCUT2D eigenvalue weighted by atomic mass is 19.1. The van der Waals surface area contributed by atoms with Gasteiger partial charge >= 0.3 is 0 Å². The zero-order valence-electron chi connectivity index (χ0n) is 15.1. The second kappa shape index (κ2) is 7.94. The predicted octanol–water partition coefficient (Wildman–Crippen LogP) is 3.42. The Labute approximate surface area is 160 Å². The molecule has 28 heavy (non-hydrogen) atoms. The molecule has 4 aromatic rings. The number of hydrogen-bond acceptors (Lipinski definition) is 3. The van der Waals surface area contributed by atoms with Gasteiger partial charge in [0.15, 0.2) is 0 Å². The van der Waals surface area contributed by atoms with Crippen LogP contribution in [0.15, 0.2) is 82.6 Å². The highest BCUT2D eigenvalue weighted by molar-refractivity contribution is 5.95. The molecule has 0 unspecified atom stereocenters. The maximum absolute atomic E-state index is 13.7. The fourth-order valence-corrected chi connectivity index (χ4v) is 3.10. The molecule has 1 heterocycles. The van der Waals surface area contributed by atoms with Crippen LogP contribution in [0.1, 0.15) is 5.56 Å². The van der Waals surface area contributed by atoms with Crippen LogP contribution in [0.3, 0.4) is 0 Å². The van der Waals surface area contributed by atoms with Gasteiger partial charge in [-0.3, -0.25) is 9.79 Å². The van der Waals surface area contributed by atoms with Crippen LogP contribution >= 0.6 is 0 Å². The van der Waals surface area contributed by atoms with Crippen molar-refractivity contribution in [1.82, 2.24) is 9.78 Å². The highest BCUT2D eigenvalue weighted by Gasteiger charge is 2.13. The van der Waals surface area contributed by atoms with E-state index in [1.807, 2.05) is 42.5 Å². The van der Waals surface area contributed by atoms with Gasteiger partial charge in [-0.25, -0.2) is 4.39 Å². The number of nitrogens with zero attached hydrogens (tertiary/aromatic N) is 3. The summed E-state index contributed by atoms with van der Waals surface area (Å²) in [5.74, 6) is -0.419. The zero-order valence-corrected chi connectivity index (χ0v) is 15.1. The lowest BCUT2D eigenvalue weighted by molar-refractivity contribution is 0.624. The van der Waals surface area contributed by atoms with Crippen molar-refractivity contribution in [3.05, 3.63) is 94.5 Å². The lowest BCUT2D eigenvalue weighted by atomic mass is 10.0. The summed E-state index contributed by atoms with van der Waals surface area (Å²) in [4.78, 5) is 17.0. The number of hydrogen-bond donors (Lipinski definition) is 0. The third-order valence-electron chi connectivity index (χ3n) is 4.30. The lowest BCUT2D eigenvalue weighted by Crippen LogP contribution is -2.22. The predicted molar refractivity (Wildman–Crippen MR) is 110 cm³/mol. The molecule has 6 heteroatoms. The van der Waals surface area contributed by atoms with Gasteiger partial charge in [0.2, 0.25) is 0 Å². The molecule has 4 rings (SSSR count). The van der Waals surface area contributed by atoms with Crippen LogP contribution in [0, 0.1) is 5.82 Å². The van der Waals surface area contributed by atoms with Crippen molar-refractivity contribution >= 4 is 17.0 Å². The van der Waals surface area contributed by atoms with Crippen molar-refractivity contribution in [2.45, 2.75) is 0 Å². The summed E-state index contributed by atoms with van der Waals surface area (Å²) in [6, 6.07) is 20.9. The van der Waals surface area contributed by atoms with Crippen molar-refractivity contribution < 1.29 is 9.87 Å². The minimum Gasteiger partial charge on any atom is -0.412 e. The van der Waals surface area contributed by atoms with Gasteiger partial charge in [-0.05, 0) is 35.9 Å². The number of aromatic nitrogens is 2. The van der Waals surface area contributed by atoms with E-state index in [0.29, 0.717) is 16.8 Å². The summed E-state index contributed by atoms with van der Waals surface area (Å²) in [5.41, 5.74) is 2.54. The molecule has 1 aromatic heterocycles. The summed E-state index contributed by atoms with van der Waals surface area (Å²) in [5, 5.41) is 5.86. The van der Waals surface area contributed by atoms with Crippen LogP contribution in [-0.2, 0) is 0 Å². The van der Waals surface area contributed by atoms with Gasteiger partial charge in [-0.15, -0.1) is 0 Å². The molecule has 140 valence electrons. The Balaban J connectivity index is 0.00000225. The third kappa shape index (κ3) is 3.45. The summed E-state index contributed by atoms with van der Waals surface area (Å²) in [6.07, 6.45) is 1.76. The molecule has 0 saturated carbocycles. The molecule has 0 aliphatic carbocycles. The Kier molecular flexibility index (Phi) is 5.42. The Morgan fingerprint density at radius 2 is 1.71 bits per heavy atom. The van der Waals surface area contributed by atoms with E-state index in [0.717, 1.165) is 16.5 Å². The van der Waals surface area contributed by atoms with Gasteiger partial charge in [0.25, 0.3) is 5.56 Å². The van der Waals surface area contributed by atoms with E-state index >= 15 is 0 Å². The molecule has 0 aliphatic rings. The molecular weight excluding hydrogens is 357 g/mol. The van der Waals surface area contributed by atoms with Crippen LogP contribution < -0.4 is 5.56 Å². The van der Waals surface area contributed by atoms with Crippen molar-refractivity contribution in [3.63, 3.8) is 0 Å². The van der Waals surface area contributed by atoms with Gasteiger partial charge in [-0.2, -0.15) is 9.78 Å². The number of benzene rings is 3. The van der Waals surface area contributed by atoms with Crippen molar-refractivity contribution in [3.8, 4) is 16.9 Å². The van der Waals surface area contributed by atoms with Gasteiger partial charge < -0.3 is 5.48 Å². The molecule has 0 amide bonds. The fraction of sp³-hybridized carbons (Fsp3) is 0.0455. The number of halogens is 1. The van der Waals surface area contributed by atoms with E-state index < -0.39 is 5.82 Å². The molecule has 0 atom stereocenters. The number of rotatable bonds is 3. The Morgan fingerprint density at radius 1 is 0.964 bits per heavy atom. The summed E-state index contributed by atoms with van der Waals surface area (Å²) in [6.45, 7) is 0. The monoisotopic (exact) mass is 375 g/mol. The van der Waals surface area contributed by atoms with Gasteiger partial charge in [0.1, 0.15) is 5.82 Å². The first-order chi connectivity index (χ1) is 13.2. The van der Waals surface area contributed by atoms with Gasteiger partial charge in [-0.1, -0.05) is 42.5 Å². The van der Waals surface area contributed by atoms with Crippen LogP contribution in [-0.4, -0.2) is 28.5 Å². The molecule has 0 spiro atoms. The topological polar surface area (TPSA) is 78.8 Å². The maximum atomic E-state index is 13.7. The SMILES string of the molecule is C/N=C\c1cccc(-c2nn(-c3cccc(F)c3)c(=O)c3ccccc23)c1.O. The molecule has 0 bridgehead atoms. The lowest BCUT2D eigenvalue weighted by Gasteiger charge is -2.12. The highest BCUT2D eigenvalue weighted by Crippen LogP contribution is 2.26. The first-order valence-electron chi connectivity index (χ1n) is 8.48. The van der Waals surface area contributed by atoms with E-state index in [1.165, 1.54) is 16.8 Å². The van der Waals surface area contributed by atoms with Crippen LogP contribution in [0.5, 0.6) is 0 Å². The molecule has 0 aliphatic heterocycles. The van der Waals surface area contributed by atoms with Crippen molar-refractivity contribution in [1.29, 1.82) is 0 Å². The third-order valence-corrected chi connectivity index (χ3v) is 4.30. The minimum absolute atomic E-state index is 0. The van der Waals surface area contributed by atoms with E-state index in [9.17, 15) is 9.18 Å². The van der Waals surface area contributed by atoms with Crippen LogP contribution in [0.4, 0.5) is 4.39 Å². The average Bonchev–Trinajstić information content (AvgIpc) is 2.69. The molecule has 0 fully saturated rings. The first kappa shape index (κ1) is 19.1. The Morgan fingerprint density at radius 3 is 2.46 bits per heavy atom. The summed E-state index contributed by atoms with van der Waals surface area (Å²) >= 11 is 0. The molecule has 2 N–H and O–H groups in total. The van der Waals surface area contributed by atoms with Gasteiger partial charge in [0.05, 0.1) is 16.8 Å². The van der Waals surface area contributed by atoms with E-state index in [2.05, 4.69) is 10.1 Å². The quantitative estimate of drug-likeness (QED) is 0.514. The second-order valence-electron chi connectivity index (χ2n) is 6.10. The molecule has 5 nitrogen and oxygen atoms in total. The molecule has 0 saturated heterocycles. The maximum Gasteiger partial charge on any atom is 0.279 e. The normalized spacial score (nSPS) is 10.9. The largest absolute Gasteiger partial charge is 0.412 e. The van der Waals surface area contributed by atoms with E-state index in [4.69, 9.17) is 0 Å². The molecular formula is C22H18FN3O2. The second-order valence-corrected chi connectivity index (χ2v) is 6.10. The molecule has 3 aromatic carbocycles. The summed E-state index contributed by atoms with van der Waals surface area (Å²) < 4.78 is 15.0. The molecule has 0 radical (unpaired) electrons. The minimum atomic E-state index is -0.419.